The second-order valence-electron chi connectivity index (χ2n) is 23.7. The predicted molar refractivity (Wildman–Crippen MR) is 367 cm³/mol. The number of phosphoric acid groups is 1. The molecule has 0 aliphatic rings. The molecule has 3 N–H and O–H groups in total. The molecule has 0 amide bonds. The van der Waals surface area contributed by atoms with Gasteiger partial charge in [0.2, 0.25) is 0 Å². The Morgan fingerprint density at radius 3 is 0.965 bits per heavy atom. The summed E-state index contributed by atoms with van der Waals surface area (Å²) in [6.07, 6.45) is 95.2. The molecular weight excluding hydrogens is 1070 g/mol. The number of carbonyl (C=O) groups is 2. The molecule has 0 aliphatic carbocycles. The Bertz CT molecular complexity index is 1720. The molecule has 0 aromatic heterocycles. The number of esters is 2. The first-order chi connectivity index (χ1) is 41.8. The third kappa shape index (κ3) is 69.9. The highest BCUT2D eigenvalue weighted by Crippen LogP contribution is 2.43. The number of hydrogen-bond donors (Lipinski definition) is 2. The molecule has 0 aromatic rings. The Labute approximate surface area is 525 Å². The summed E-state index contributed by atoms with van der Waals surface area (Å²) in [5, 5.41) is 0. The van der Waals surface area contributed by atoms with Gasteiger partial charge < -0.3 is 20.1 Å². The Balaban J connectivity index is 3.89. The summed E-state index contributed by atoms with van der Waals surface area (Å²) in [5.74, 6) is -0.850. The third-order valence-corrected chi connectivity index (χ3v) is 16.5. The molecule has 0 saturated heterocycles. The molecule has 0 rings (SSSR count). The maximum atomic E-state index is 12.7. The number of unbranched alkanes of at least 4 members (excludes halogenated alkanes) is 38. The van der Waals surface area contributed by atoms with Gasteiger partial charge in [0.25, 0.3) is 0 Å². The summed E-state index contributed by atoms with van der Waals surface area (Å²) >= 11 is 0. The largest absolute Gasteiger partial charge is 0.472 e. The van der Waals surface area contributed by atoms with Crippen molar-refractivity contribution in [3.05, 3.63) is 97.2 Å². The van der Waals surface area contributed by atoms with Crippen LogP contribution in [0.25, 0.3) is 0 Å². The van der Waals surface area contributed by atoms with Crippen molar-refractivity contribution in [2.24, 2.45) is 5.73 Å². The summed E-state index contributed by atoms with van der Waals surface area (Å²) in [4.78, 5) is 35.3. The van der Waals surface area contributed by atoms with Crippen molar-refractivity contribution in [1.82, 2.24) is 0 Å². The van der Waals surface area contributed by atoms with Crippen molar-refractivity contribution in [2.45, 2.75) is 341 Å². The monoisotopic (exact) mass is 1210 g/mol. The minimum Gasteiger partial charge on any atom is -0.462 e. The average Bonchev–Trinajstić information content (AvgIpc) is 3.52. The van der Waals surface area contributed by atoms with Crippen LogP contribution in [0.3, 0.4) is 0 Å². The van der Waals surface area contributed by atoms with E-state index in [1.54, 1.807) is 0 Å². The minimum atomic E-state index is -4.41. The number of hydrogen-bond acceptors (Lipinski definition) is 8. The number of rotatable bonds is 67. The van der Waals surface area contributed by atoms with E-state index >= 15 is 0 Å². The fourth-order valence-corrected chi connectivity index (χ4v) is 11.0. The summed E-state index contributed by atoms with van der Waals surface area (Å²) in [5.41, 5.74) is 5.40. The molecule has 85 heavy (non-hydrogen) atoms. The molecule has 0 fully saturated rings. The second-order valence-corrected chi connectivity index (χ2v) is 25.2. The minimum absolute atomic E-state index is 0.0453. The Morgan fingerprint density at radius 1 is 0.365 bits per heavy atom. The fourth-order valence-electron chi connectivity index (χ4n) is 10.2. The zero-order valence-electron chi connectivity index (χ0n) is 55.3. The molecule has 0 saturated carbocycles. The van der Waals surface area contributed by atoms with E-state index in [1.165, 1.54) is 205 Å². The van der Waals surface area contributed by atoms with Crippen LogP contribution in [0, 0.1) is 0 Å². The average molecular weight is 1210 g/mol. The number of phosphoric ester groups is 1. The van der Waals surface area contributed by atoms with Crippen LogP contribution in [0.4, 0.5) is 0 Å². The van der Waals surface area contributed by atoms with Crippen LogP contribution >= 0.6 is 7.82 Å². The molecule has 9 nitrogen and oxygen atoms in total. The third-order valence-electron chi connectivity index (χ3n) is 15.5. The van der Waals surface area contributed by atoms with E-state index in [9.17, 15) is 19.0 Å². The van der Waals surface area contributed by atoms with Crippen LogP contribution in [-0.2, 0) is 32.7 Å². The Kier molecular flexibility index (Phi) is 67.5. The van der Waals surface area contributed by atoms with Gasteiger partial charge in [-0.2, -0.15) is 0 Å². The number of allylic oxidation sites excluding steroid dienone is 16. The van der Waals surface area contributed by atoms with Crippen LogP contribution in [0.2, 0.25) is 0 Å². The van der Waals surface area contributed by atoms with Crippen LogP contribution in [-0.4, -0.2) is 49.3 Å². The second kappa shape index (κ2) is 70.0. The quantitative estimate of drug-likeness (QED) is 0.0264. The molecule has 2 atom stereocenters. The smallest absolute Gasteiger partial charge is 0.462 e. The van der Waals surface area contributed by atoms with Gasteiger partial charge in [-0.1, -0.05) is 342 Å². The standard InChI is InChI=1S/C75H134NO8P/c1-3-5-7-9-11-13-15-17-19-21-23-25-27-29-31-33-34-35-36-37-38-40-41-43-45-47-49-51-53-55-57-59-61-63-65-67-74(77)81-71-73(72-83-85(79,80)82-70-69-76)84-75(78)68-66-64-62-60-58-56-54-52-50-48-46-44-42-39-32-30-28-26-24-22-20-18-16-14-12-10-8-6-4-2/h6,8,12,14,18,20,24,26,30,32,42,44,48,50,54,56,73H,3-5,7,9-11,13,15-17,19,21-23,25,27-29,31,33-41,43,45-47,49,51-53,55,57-72,76H2,1-2H3,(H,79,80)/b8-6-,14-12-,20-18-,26-24-,32-30-,44-42-,50-48-,56-54-. The van der Waals surface area contributed by atoms with Gasteiger partial charge >= 0.3 is 19.8 Å². The first kappa shape index (κ1) is 81.9. The van der Waals surface area contributed by atoms with Gasteiger partial charge in [0.05, 0.1) is 13.2 Å². The SMILES string of the molecule is CC/C=C\C/C=C\C/C=C\C/C=C\C/C=C\C/C=C\C/C=C\C/C=C\CCCCCCC(=O)OC(COC(=O)CCCCCCCCCCCCCCCCCCCCCCCCCCCCCCCCCCCCC)COP(=O)(O)OCCN. The lowest BCUT2D eigenvalue weighted by Crippen LogP contribution is -2.29. The molecule has 0 spiro atoms. The maximum Gasteiger partial charge on any atom is 0.472 e. The van der Waals surface area contributed by atoms with E-state index in [1.807, 2.05) is 0 Å². The van der Waals surface area contributed by atoms with Crippen molar-refractivity contribution in [1.29, 1.82) is 0 Å². The highest BCUT2D eigenvalue weighted by molar-refractivity contribution is 7.47. The summed E-state index contributed by atoms with van der Waals surface area (Å²) in [6.45, 7) is 3.64. The van der Waals surface area contributed by atoms with Crippen LogP contribution in [0.15, 0.2) is 97.2 Å². The van der Waals surface area contributed by atoms with Crippen LogP contribution in [0.5, 0.6) is 0 Å². The molecule has 0 aromatic carbocycles. The van der Waals surface area contributed by atoms with Crippen molar-refractivity contribution < 1.29 is 37.6 Å². The molecule has 492 valence electrons. The first-order valence-corrected chi connectivity index (χ1v) is 37.2. The van der Waals surface area contributed by atoms with Crippen molar-refractivity contribution >= 4 is 19.8 Å². The van der Waals surface area contributed by atoms with Gasteiger partial charge in [0.1, 0.15) is 6.61 Å². The van der Waals surface area contributed by atoms with E-state index in [2.05, 4.69) is 111 Å². The van der Waals surface area contributed by atoms with E-state index in [-0.39, 0.29) is 38.6 Å². The summed E-state index contributed by atoms with van der Waals surface area (Å²) < 4.78 is 33.1. The highest BCUT2D eigenvalue weighted by Gasteiger charge is 2.26. The van der Waals surface area contributed by atoms with E-state index < -0.39 is 26.5 Å². The van der Waals surface area contributed by atoms with Crippen LogP contribution in [0.1, 0.15) is 335 Å². The molecule has 2 unspecified atom stereocenters. The number of ether oxygens (including phenoxy) is 2. The zero-order valence-corrected chi connectivity index (χ0v) is 56.2. The number of nitrogens with two attached hydrogens (primary N) is 1. The molecule has 10 heteroatoms. The molecule has 0 bridgehead atoms. The first-order valence-electron chi connectivity index (χ1n) is 35.7. The van der Waals surface area contributed by atoms with E-state index in [4.69, 9.17) is 24.3 Å². The molecule has 0 heterocycles. The van der Waals surface area contributed by atoms with Crippen molar-refractivity contribution in [3.8, 4) is 0 Å². The van der Waals surface area contributed by atoms with Crippen molar-refractivity contribution in [3.63, 3.8) is 0 Å². The topological polar surface area (TPSA) is 134 Å². The zero-order chi connectivity index (χ0) is 61.6. The number of carbonyl (C=O) groups excluding carboxylic acids is 2. The van der Waals surface area contributed by atoms with Gasteiger partial charge in [0.15, 0.2) is 6.10 Å². The summed E-state index contributed by atoms with van der Waals surface area (Å²) in [7, 11) is -4.41. The molecule has 0 aliphatic heterocycles. The lowest BCUT2D eigenvalue weighted by molar-refractivity contribution is -0.161. The fraction of sp³-hybridized carbons (Fsp3) is 0.760. The lowest BCUT2D eigenvalue weighted by Gasteiger charge is -2.19. The predicted octanol–water partition coefficient (Wildman–Crippen LogP) is 23.5. The van der Waals surface area contributed by atoms with E-state index in [0.717, 1.165) is 96.3 Å². The Morgan fingerprint density at radius 2 is 0.647 bits per heavy atom. The molecule has 0 radical (unpaired) electrons. The van der Waals surface area contributed by atoms with Gasteiger partial charge in [-0.25, -0.2) is 4.57 Å². The van der Waals surface area contributed by atoms with Crippen molar-refractivity contribution in [2.75, 3.05) is 26.4 Å². The van der Waals surface area contributed by atoms with Gasteiger partial charge in [-0.05, 0) is 77.0 Å². The highest BCUT2D eigenvalue weighted by atomic mass is 31.2. The summed E-state index contributed by atoms with van der Waals surface area (Å²) in [6, 6.07) is 0. The Hall–Kier alpha value is -3.07. The molecular formula is C75H134NO8P. The maximum absolute atomic E-state index is 12.7. The van der Waals surface area contributed by atoms with E-state index in [0.29, 0.717) is 6.42 Å². The van der Waals surface area contributed by atoms with Gasteiger partial charge in [-0.3, -0.25) is 18.6 Å². The van der Waals surface area contributed by atoms with Gasteiger partial charge in [0, 0.05) is 19.4 Å². The lowest BCUT2D eigenvalue weighted by atomic mass is 10.0. The van der Waals surface area contributed by atoms with Crippen LogP contribution < -0.4 is 5.73 Å². The van der Waals surface area contributed by atoms with Gasteiger partial charge in [-0.15, -0.1) is 0 Å². The normalized spacial score (nSPS) is 13.5.